The number of H-pyrrole nitrogens is 1. The van der Waals surface area contributed by atoms with Gasteiger partial charge in [-0.1, -0.05) is 36.8 Å². The second kappa shape index (κ2) is 8.53. The summed E-state index contributed by atoms with van der Waals surface area (Å²) < 4.78 is 19.0. The molecule has 7 heteroatoms. The first-order valence-electron chi connectivity index (χ1n) is 8.40. The molecule has 1 fully saturated rings. The molecule has 6 nitrogen and oxygen atoms in total. The van der Waals surface area contributed by atoms with Crippen LogP contribution in [-0.4, -0.2) is 33.4 Å². The van der Waals surface area contributed by atoms with Crippen LogP contribution in [0.3, 0.4) is 0 Å². The summed E-state index contributed by atoms with van der Waals surface area (Å²) >= 11 is 0. The highest BCUT2D eigenvalue weighted by atomic mass is 19.1. The standard InChI is InChI=1S/C13H17FO.C5H5N5/c14-13(12-7-2-1-3-8-12)10-15-9-11-5-4-6-11;6-4-3-1-9-10-5(3)8-2-7-4/h1-3,7-8,11,13H,4-6,9-10H2;1-2H,(H3,6,7,8,9,10). The van der Waals surface area contributed by atoms with Crippen molar-refractivity contribution in [3.8, 4) is 0 Å². The fourth-order valence-electron chi connectivity index (χ4n) is 2.54. The molecule has 2 aromatic heterocycles. The second-order valence-electron chi connectivity index (χ2n) is 6.10. The Bertz CT molecular complexity index is 775. The summed E-state index contributed by atoms with van der Waals surface area (Å²) in [6, 6.07) is 9.21. The summed E-state index contributed by atoms with van der Waals surface area (Å²) in [5, 5.41) is 7.20. The van der Waals surface area contributed by atoms with Crippen LogP contribution in [0.5, 0.6) is 0 Å². The van der Waals surface area contributed by atoms with Gasteiger partial charge in [-0.2, -0.15) is 5.10 Å². The van der Waals surface area contributed by atoms with Crippen molar-refractivity contribution >= 4 is 16.9 Å². The maximum Gasteiger partial charge on any atom is 0.160 e. The van der Waals surface area contributed by atoms with E-state index in [1.54, 1.807) is 18.3 Å². The Kier molecular flexibility index (Phi) is 5.90. The first-order valence-corrected chi connectivity index (χ1v) is 8.40. The van der Waals surface area contributed by atoms with Crippen molar-refractivity contribution in [3.63, 3.8) is 0 Å². The smallest absolute Gasteiger partial charge is 0.160 e. The zero-order valence-electron chi connectivity index (χ0n) is 13.9. The quantitative estimate of drug-likeness (QED) is 0.740. The van der Waals surface area contributed by atoms with Gasteiger partial charge in [-0.3, -0.25) is 5.10 Å². The van der Waals surface area contributed by atoms with Gasteiger partial charge in [-0.15, -0.1) is 0 Å². The fraction of sp³-hybridized carbons (Fsp3) is 0.389. The lowest BCUT2D eigenvalue weighted by atomic mass is 9.86. The lowest BCUT2D eigenvalue weighted by Gasteiger charge is -2.25. The molecule has 0 bridgehead atoms. The number of aromatic nitrogens is 4. The molecule has 1 atom stereocenters. The van der Waals surface area contributed by atoms with Gasteiger partial charge in [0.1, 0.15) is 18.3 Å². The van der Waals surface area contributed by atoms with Crippen molar-refractivity contribution in [2.75, 3.05) is 18.9 Å². The zero-order valence-corrected chi connectivity index (χ0v) is 13.9. The number of hydrogen-bond acceptors (Lipinski definition) is 5. The topological polar surface area (TPSA) is 89.7 Å². The monoisotopic (exact) mass is 343 g/mol. The van der Waals surface area contributed by atoms with Gasteiger partial charge in [0.05, 0.1) is 18.2 Å². The summed E-state index contributed by atoms with van der Waals surface area (Å²) in [6.07, 6.45) is 5.84. The molecular weight excluding hydrogens is 321 g/mol. The van der Waals surface area contributed by atoms with Crippen LogP contribution in [0.25, 0.3) is 11.0 Å². The van der Waals surface area contributed by atoms with Gasteiger partial charge in [0.2, 0.25) is 0 Å². The Hall–Kier alpha value is -2.54. The first kappa shape index (κ1) is 17.3. The summed E-state index contributed by atoms with van der Waals surface area (Å²) in [6.45, 7) is 0.924. The van der Waals surface area contributed by atoms with Gasteiger partial charge < -0.3 is 10.5 Å². The molecule has 0 saturated heterocycles. The van der Waals surface area contributed by atoms with E-state index in [1.165, 1.54) is 25.6 Å². The Morgan fingerprint density at radius 2 is 2.04 bits per heavy atom. The number of nitrogen functional groups attached to an aromatic ring is 1. The lowest BCUT2D eigenvalue weighted by molar-refractivity contribution is 0.0369. The number of rotatable bonds is 5. The van der Waals surface area contributed by atoms with Crippen molar-refractivity contribution < 1.29 is 9.13 Å². The maximum absolute atomic E-state index is 13.6. The van der Waals surface area contributed by atoms with E-state index >= 15 is 0 Å². The third-order valence-corrected chi connectivity index (χ3v) is 4.28. The number of halogens is 1. The van der Waals surface area contributed by atoms with E-state index in [0.717, 1.165) is 12.0 Å². The van der Waals surface area contributed by atoms with Crippen molar-refractivity contribution in [1.82, 2.24) is 20.2 Å². The lowest BCUT2D eigenvalue weighted by Crippen LogP contribution is -2.18. The van der Waals surface area contributed by atoms with Crippen LogP contribution in [0.1, 0.15) is 31.0 Å². The molecule has 0 radical (unpaired) electrons. The second-order valence-corrected chi connectivity index (χ2v) is 6.10. The van der Waals surface area contributed by atoms with Crippen molar-refractivity contribution in [1.29, 1.82) is 0 Å². The SMILES string of the molecule is FC(COCC1CCC1)c1ccccc1.Nc1ncnc2[nH]ncc12. The Morgan fingerprint density at radius 3 is 2.72 bits per heavy atom. The number of alkyl halides is 1. The van der Waals surface area contributed by atoms with Crippen LogP contribution < -0.4 is 5.73 Å². The molecule has 1 aromatic carbocycles. The van der Waals surface area contributed by atoms with E-state index in [9.17, 15) is 4.39 Å². The number of ether oxygens (including phenoxy) is 1. The molecule has 3 aromatic rings. The summed E-state index contributed by atoms with van der Waals surface area (Å²) in [4.78, 5) is 7.68. The molecule has 4 rings (SSSR count). The molecule has 2 heterocycles. The van der Waals surface area contributed by atoms with Gasteiger partial charge >= 0.3 is 0 Å². The van der Waals surface area contributed by atoms with E-state index < -0.39 is 6.17 Å². The van der Waals surface area contributed by atoms with Crippen molar-refractivity contribution in [2.24, 2.45) is 5.92 Å². The molecule has 1 aliphatic rings. The Labute approximate surface area is 145 Å². The van der Waals surface area contributed by atoms with Gasteiger partial charge in [-0.25, -0.2) is 14.4 Å². The number of fused-ring (bicyclic) bond motifs is 1. The number of benzene rings is 1. The van der Waals surface area contributed by atoms with Gasteiger partial charge in [0.25, 0.3) is 0 Å². The molecule has 132 valence electrons. The van der Waals surface area contributed by atoms with Crippen LogP contribution in [0.2, 0.25) is 0 Å². The minimum absolute atomic E-state index is 0.195. The van der Waals surface area contributed by atoms with E-state index in [0.29, 0.717) is 22.9 Å². The highest BCUT2D eigenvalue weighted by Crippen LogP contribution is 2.27. The van der Waals surface area contributed by atoms with Crippen LogP contribution >= 0.6 is 0 Å². The first-order chi connectivity index (χ1) is 12.2. The molecule has 0 amide bonds. The van der Waals surface area contributed by atoms with Gasteiger partial charge in [-0.05, 0) is 24.3 Å². The normalized spacial score (nSPS) is 15.2. The third kappa shape index (κ3) is 4.73. The minimum atomic E-state index is -0.980. The van der Waals surface area contributed by atoms with E-state index in [1.807, 2.05) is 18.2 Å². The molecule has 3 N–H and O–H groups in total. The average molecular weight is 343 g/mol. The molecule has 0 aliphatic heterocycles. The zero-order chi connectivity index (χ0) is 17.5. The average Bonchev–Trinajstić information content (AvgIpc) is 3.08. The predicted octanol–water partition coefficient (Wildman–Crippen LogP) is 3.45. The highest BCUT2D eigenvalue weighted by Gasteiger charge is 2.18. The van der Waals surface area contributed by atoms with Crippen molar-refractivity contribution in [3.05, 3.63) is 48.4 Å². The molecule has 0 spiro atoms. The maximum atomic E-state index is 13.6. The molecule has 1 unspecified atom stereocenters. The Morgan fingerprint density at radius 1 is 1.24 bits per heavy atom. The number of hydrogen-bond donors (Lipinski definition) is 2. The third-order valence-electron chi connectivity index (χ3n) is 4.28. The van der Waals surface area contributed by atoms with E-state index in [-0.39, 0.29) is 6.61 Å². The Balaban J connectivity index is 0.000000157. The predicted molar refractivity (Wildman–Crippen MR) is 94.5 cm³/mol. The highest BCUT2D eigenvalue weighted by molar-refractivity contribution is 5.83. The fourth-order valence-corrected chi connectivity index (χ4v) is 2.54. The summed E-state index contributed by atoms with van der Waals surface area (Å²) in [5.41, 5.74) is 6.88. The van der Waals surface area contributed by atoms with Gasteiger partial charge in [0, 0.05) is 6.61 Å². The van der Waals surface area contributed by atoms with Crippen molar-refractivity contribution in [2.45, 2.75) is 25.4 Å². The molecule has 25 heavy (non-hydrogen) atoms. The number of anilines is 1. The number of nitrogens with one attached hydrogen (secondary N) is 1. The number of aromatic amines is 1. The summed E-state index contributed by atoms with van der Waals surface area (Å²) in [5.74, 6) is 1.15. The van der Waals surface area contributed by atoms with E-state index in [2.05, 4.69) is 20.2 Å². The van der Waals surface area contributed by atoms with Crippen LogP contribution in [0.15, 0.2) is 42.9 Å². The molecule has 1 saturated carbocycles. The number of nitrogens with two attached hydrogens (primary N) is 1. The van der Waals surface area contributed by atoms with Crippen LogP contribution in [0, 0.1) is 5.92 Å². The number of nitrogens with zero attached hydrogens (tertiary/aromatic N) is 3. The molecule has 1 aliphatic carbocycles. The van der Waals surface area contributed by atoms with Gasteiger partial charge in [0.15, 0.2) is 5.65 Å². The van der Waals surface area contributed by atoms with Crippen LogP contribution in [-0.2, 0) is 4.74 Å². The van der Waals surface area contributed by atoms with E-state index in [4.69, 9.17) is 10.5 Å². The largest absolute Gasteiger partial charge is 0.383 e. The van der Waals surface area contributed by atoms with Crippen LogP contribution in [0.4, 0.5) is 10.2 Å². The summed E-state index contributed by atoms with van der Waals surface area (Å²) in [7, 11) is 0. The molecular formula is C18H22FN5O. The minimum Gasteiger partial charge on any atom is -0.383 e.